The molecule has 2 amide bonds. The second-order valence-electron chi connectivity index (χ2n) is 5.81. The van der Waals surface area contributed by atoms with E-state index in [1.54, 1.807) is 16.8 Å². The number of hydrogen-bond acceptors (Lipinski definition) is 5. The van der Waals surface area contributed by atoms with E-state index < -0.39 is 0 Å². The van der Waals surface area contributed by atoms with E-state index in [1.807, 2.05) is 0 Å². The lowest BCUT2D eigenvalue weighted by Gasteiger charge is -2.46. The number of nitrogens with zero attached hydrogens (tertiary/aromatic N) is 3. The molecule has 3 rings (SSSR count). The summed E-state index contributed by atoms with van der Waals surface area (Å²) in [7, 11) is 1.78. The monoisotopic (exact) mass is 327 g/mol. The average Bonchev–Trinajstić information content (AvgIpc) is 2.84. The largest absolute Gasteiger partial charge is 0.381 e. The SMILES string of the molecule is CN1CC2(CCN(C(=O)c3[nH]nc(N)c3Cl)CC2)OCC1=O. The van der Waals surface area contributed by atoms with E-state index in [0.717, 1.165) is 0 Å². The molecule has 120 valence electrons. The fraction of sp³-hybridized carbons (Fsp3) is 0.615. The van der Waals surface area contributed by atoms with Crippen LogP contribution in [0.2, 0.25) is 5.02 Å². The number of carbonyl (C=O) groups excluding carboxylic acids is 2. The summed E-state index contributed by atoms with van der Waals surface area (Å²) < 4.78 is 5.76. The van der Waals surface area contributed by atoms with Crippen molar-refractivity contribution in [2.75, 3.05) is 39.0 Å². The molecule has 2 fully saturated rings. The molecule has 0 atom stereocenters. The van der Waals surface area contributed by atoms with Gasteiger partial charge < -0.3 is 20.3 Å². The van der Waals surface area contributed by atoms with Gasteiger partial charge in [-0.25, -0.2) is 0 Å². The number of nitrogen functional groups attached to an aromatic ring is 1. The van der Waals surface area contributed by atoms with Crippen LogP contribution in [0.3, 0.4) is 0 Å². The van der Waals surface area contributed by atoms with Crippen LogP contribution in [0.15, 0.2) is 0 Å². The van der Waals surface area contributed by atoms with Crippen molar-refractivity contribution < 1.29 is 14.3 Å². The van der Waals surface area contributed by atoms with Crippen LogP contribution >= 0.6 is 11.6 Å². The zero-order valence-electron chi connectivity index (χ0n) is 12.3. The van der Waals surface area contributed by atoms with Crippen molar-refractivity contribution in [3.05, 3.63) is 10.7 Å². The number of ether oxygens (including phenoxy) is 1. The molecular formula is C13H18ClN5O3. The number of morpholine rings is 1. The third-order valence-corrected chi connectivity index (χ3v) is 4.74. The number of halogens is 1. The van der Waals surface area contributed by atoms with Gasteiger partial charge in [-0.2, -0.15) is 5.10 Å². The van der Waals surface area contributed by atoms with Crippen LogP contribution in [-0.2, 0) is 9.53 Å². The van der Waals surface area contributed by atoms with Crippen LogP contribution in [0.4, 0.5) is 5.82 Å². The molecule has 2 aliphatic rings. The topological polar surface area (TPSA) is 105 Å². The molecule has 9 heteroatoms. The molecule has 0 radical (unpaired) electrons. The fourth-order valence-corrected chi connectivity index (χ4v) is 3.12. The third-order valence-electron chi connectivity index (χ3n) is 4.36. The van der Waals surface area contributed by atoms with Crippen molar-refractivity contribution in [1.82, 2.24) is 20.0 Å². The molecule has 1 aromatic rings. The summed E-state index contributed by atoms with van der Waals surface area (Å²) in [4.78, 5) is 27.3. The first-order valence-electron chi connectivity index (χ1n) is 7.08. The Morgan fingerprint density at radius 3 is 2.68 bits per heavy atom. The first kappa shape index (κ1) is 15.1. The number of likely N-dealkylation sites (tertiary alicyclic amines) is 1. The summed E-state index contributed by atoms with van der Waals surface area (Å²) in [5.74, 6) is -0.109. The van der Waals surface area contributed by atoms with Crippen molar-refractivity contribution in [2.45, 2.75) is 18.4 Å². The molecule has 0 aliphatic carbocycles. The number of anilines is 1. The van der Waals surface area contributed by atoms with Gasteiger partial charge in [0.1, 0.15) is 17.3 Å². The molecule has 0 bridgehead atoms. The molecule has 2 saturated heterocycles. The molecular weight excluding hydrogens is 310 g/mol. The summed E-state index contributed by atoms with van der Waals surface area (Å²) in [5.41, 5.74) is 5.41. The number of nitrogens with two attached hydrogens (primary N) is 1. The quantitative estimate of drug-likeness (QED) is 0.761. The molecule has 22 heavy (non-hydrogen) atoms. The molecule has 0 aromatic carbocycles. The molecule has 1 spiro atoms. The highest BCUT2D eigenvalue weighted by Gasteiger charge is 2.42. The minimum Gasteiger partial charge on any atom is -0.381 e. The Bertz CT molecular complexity index is 609. The van der Waals surface area contributed by atoms with Crippen LogP contribution in [0, 0.1) is 0 Å². The minimum absolute atomic E-state index is 0.0103. The summed E-state index contributed by atoms with van der Waals surface area (Å²) in [6, 6.07) is 0. The Morgan fingerprint density at radius 2 is 2.14 bits per heavy atom. The van der Waals surface area contributed by atoms with E-state index in [4.69, 9.17) is 22.1 Å². The van der Waals surface area contributed by atoms with Crippen molar-refractivity contribution in [2.24, 2.45) is 0 Å². The minimum atomic E-state index is -0.351. The predicted molar refractivity (Wildman–Crippen MR) is 79.5 cm³/mol. The molecule has 3 heterocycles. The van der Waals surface area contributed by atoms with Crippen molar-refractivity contribution >= 4 is 29.2 Å². The normalized spacial score (nSPS) is 21.5. The highest BCUT2D eigenvalue weighted by molar-refractivity contribution is 6.35. The van der Waals surface area contributed by atoms with Gasteiger partial charge in [-0.15, -0.1) is 0 Å². The molecule has 2 aliphatic heterocycles. The van der Waals surface area contributed by atoms with Crippen molar-refractivity contribution in [1.29, 1.82) is 0 Å². The summed E-state index contributed by atoms with van der Waals surface area (Å²) >= 11 is 5.97. The van der Waals surface area contributed by atoms with Gasteiger partial charge in [0.25, 0.3) is 5.91 Å². The number of aromatic amines is 1. The van der Waals surface area contributed by atoms with E-state index in [0.29, 0.717) is 32.5 Å². The van der Waals surface area contributed by atoms with Crippen LogP contribution < -0.4 is 5.73 Å². The first-order chi connectivity index (χ1) is 10.4. The Hall–Kier alpha value is -1.80. The number of rotatable bonds is 1. The summed E-state index contributed by atoms with van der Waals surface area (Å²) in [5, 5.41) is 6.47. The molecule has 1 aromatic heterocycles. The van der Waals surface area contributed by atoms with E-state index in [1.165, 1.54) is 0 Å². The van der Waals surface area contributed by atoms with Crippen molar-refractivity contribution in [3.63, 3.8) is 0 Å². The maximum Gasteiger partial charge on any atom is 0.273 e. The summed E-state index contributed by atoms with van der Waals surface area (Å²) in [6.07, 6.45) is 1.36. The Kier molecular flexibility index (Phi) is 3.73. The third kappa shape index (κ3) is 2.52. The number of H-pyrrole nitrogens is 1. The standard InChI is InChI=1S/C13H18ClN5O3/c1-18-7-13(22-6-8(18)20)2-4-19(5-3-13)12(21)10-9(14)11(15)17-16-10/h2-7H2,1H3,(H3,15,16,17). The summed E-state index contributed by atoms with van der Waals surface area (Å²) in [6.45, 7) is 1.74. The molecule has 0 unspecified atom stereocenters. The van der Waals surface area contributed by atoms with Gasteiger partial charge in [0.2, 0.25) is 5.91 Å². The van der Waals surface area contributed by atoms with Gasteiger partial charge in [-0.05, 0) is 12.8 Å². The number of amides is 2. The van der Waals surface area contributed by atoms with Gasteiger partial charge >= 0.3 is 0 Å². The molecule has 0 saturated carbocycles. The highest BCUT2D eigenvalue weighted by Crippen LogP contribution is 2.31. The zero-order chi connectivity index (χ0) is 15.9. The number of piperidine rings is 1. The number of likely N-dealkylation sites (N-methyl/N-ethyl adjacent to an activating group) is 1. The van der Waals surface area contributed by atoms with E-state index >= 15 is 0 Å². The van der Waals surface area contributed by atoms with Gasteiger partial charge in [-0.1, -0.05) is 11.6 Å². The Morgan fingerprint density at radius 1 is 1.45 bits per heavy atom. The smallest absolute Gasteiger partial charge is 0.273 e. The Balaban J connectivity index is 1.66. The second-order valence-corrected chi connectivity index (χ2v) is 6.19. The maximum absolute atomic E-state index is 12.4. The number of hydrogen-bond donors (Lipinski definition) is 2. The zero-order valence-corrected chi connectivity index (χ0v) is 13.0. The lowest BCUT2D eigenvalue weighted by Crippen LogP contribution is -2.58. The first-order valence-corrected chi connectivity index (χ1v) is 7.46. The number of aromatic nitrogens is 2. The van der Waals surface area contributed by atoms with Gasteiger partial charge in [0, 0.05) is 26.7 Å². The predicted octanol–water partition coefficient (Wildman–Crippen LogP) is 0.109. The van der Waals surface area contributed by atoms with E-state index in [-0.39, 0.29) is 40.6 Å². The second kappa shape index (κ2) is 5.44. The molecule has 3 N–H and O–H groups in total. The van der Waals surface area contributed by atoms with Crippen LogP contribution in [0.5, 0.6) is 0 Å². The number of nitrogens with one attached hydrogen (secondary N) is 1. The highest BCUT2D eigenvalue weighted by atomic mass is 35.5. The maximum atomic E-state index is 12.4. The van der Waals surface area contributed by atoms with Gasteiger partial charge in [0.05, 0.1) is 5.60 Å². The Labute approximate surface area is 132 Å². The number of carbonyl (C=O) groups is 2. The molecule has 8 nitrogen and oxygen atoms in total. The van der Waals surface area contributed by atoms with Crippen LogP contribution in [-0.4, -0.2) is 70.7 Å². The lowest BCUT2D eigenvalue weighted by atomic mass is 9.89. The van der Waals surface area contributed by atoms with Crippen LogP contribution in [0.1, 0.15) is 23.3 Å². The fourth-order valence-electron chi connectivity index (χ4n) is 2.95. The van der Waals surface area contributed by atoms with E-state index in [2.05, 4.69) is 10.2 Å². The van der Waals surface area contributed by atoms with E-state index in [9.17, 15) is 9.59 Å². The van der Waals surface area contributed by atoms with Gasteiger partial charge in [0.15, 0.2) is 5.82 Å². The lowest BCUT2D eigenvalue weighted by molar-refractivity contribution is -0.167. The van der Waals surface area contributed by atoms with Crippen LogP contribution in [0.25, 0.3) is 0 Å². The van der Waals surface area contributed by atoms with Gasteiger partial charge in [-0.3, -0.25) is 14.7 Å². The average molecular weight is 328 g/mol. The van der Waals surface area contributed by atoms with Crippen molar-refractivity contribution in [3.8, 4) is 0 Å².